The molecule has 2 aromatic carbocycles. The molecule has 0 bridgehead atoms. The molecule has 1 aliphatic rings. The standard InChI is InChI=1S/C18H15N3O2/c1-12-19-14-9-5-6-10-15(14)20(12)16-11-17(22)21(18(16)23)13-7-3-2-4-8-13/h2-10,16H,11H2,1H3/t16-/m0/s1. The molecule has 3 aromatic rings. The van der Waals surface area contributed by atoms with Gasteiger partial charge in [-0.15, -0.1) is 0 Å². The summed E-state index contributed by atoms with van der Waals surface area (Å²) < 4.78 is 1.87. The van der Waals surface area contributed by atoms with Gasteiger partial charge in [-0.25, -0.2) is 9.88 Å². The summed E-state index contributed by atoms with van der Waals surface area (Å²) in [6, 6.07) is 16.2. The van der Waals surface area contributed by atoms with Crippen molar-refractivity contribution in [2.75, 3.05) is 4.90 Å². The summed E-state index contributed by atoms with van der Waals surface area (Å²) in [6.45, 7) is 1.86. The van der Waals surface area contributed by atoms with Crippen LogP contribution >= 0.6 is 0 Å². The van der Waals surface area contributed by atoms with Crippen molar-refractivity contribution >= 4 is 28.5 Å². The quantitative estimate of drug-likeness (QED) is 0.684. The number of carbonyl (C=O) groups is 2. The van der Waals surface area contributed by atoms with Crippen LogP contribution in [0.15, 0.2) is 54.6 Å². The number of carbonyl (C=O) groups excluding carboxylic acids is 2. The molecule has 2 amide bonds. The highest BCUT2D eigenvalue weighted by Crippen LogP contribution is 2.32. The minimum absolute atomic E-state index is 0.162. The van der Waals surface area contributed by atoms with E-state index in [4.69, 9.17) is 0 Å². The van der Waals surface area contributed by atoms with Gasteiger partial charge in [0, 0.05) is 0 Å². The zero-order valence-corrected chi connectivity index (χ0v) is 12.6. The van der Waals surface area contributed by atoms with Crippen molar-refractivity contribution in [2.45, 2.75) is 19.4 Å². The first-order chi connectivity index (χ1) is 11.2. The summed E-state index contributed by atoms with van der Waals surface area (Å²) in [5.41, 5.74) is 2.33. The van der Waals surface area contributed by atoms with Crippen LogP contribution in [-0.2, 0) is 9.59 Å². The van der Waals surface area contributed by atoms with Gasteiger partial charge in [0.05, 0.1) is 23.1 Å². The lowest BCUT2D eigenvalue weighted by atomic mass is 10.2. The van der Waals surface area contributed by atoms with E-state index in [2.05, 4.69) is 4.98 Å². The van der Waals surface area contributed by atoms with E-state index in [0.717, 1.165) is 16.9 Å². The Morgan fingerprint density at radius 1 is 1.00 bits per heavy atom. The van der Waals surface area contributed by atoms with Crippen LogP contribution in [0.5, 0.6) is 0 Å². The summed E-state index contributed by atoms with van der Waals surface area (Å²) in [5.74, 6) is 0.364. The molecule has 0 unspecified atom stereocenters. The molecule has 5 nitrogen and oxygen atoms in total. The first-order valence-corrected chi connectivity index (χ1v) is 7.52. The average Bonchev–Trinajstić information content (AvgIpc) is 3.03. The first kappa shape index (κ1) is 13.7. The number of hydrogen-bond acceptors (Lipinski definition) is 3. The van der Waals surface area contributed by atoms with Crippen LogP contribution in [0, 0.1) is 6.92 Å². The van der Waals surface area contributed by atoms with E-state index in [1.807, 2.05) is 54.0 Å². The molecule has 0 N–H and O–H groups in total. The molecule has 1 atom stereocenters. The van der Waals surface area contributed by atoms with Gasteiger partial charge in [0.1, 0.15) is 11.9 Å². The highest BCUT2D eigenvalue weighted by atomic mass is 16.2. The Hall–Kier alpha value is -2.95. The van der Waals surface area contributed by atoms with Crippen molar-refractivity contribution in [1.29, 1.82) is 0 Å². The number of rotatable bonds is 2. The minimum atomic E-state index is -0.532. The van der Waals surface area contributed by atoms with E-state index >= 15 is 0 Å². The van der Waals surface area contributed by atoms with Gasteiger partial charge in [-0.2, -0.15) is 0 Å². The normalized spacial score (nSPS) is 18.1. The van der Waals surface area contributed by atoms with Crippen LogP contribution in [-0.4, -0.2) is 21.4 Å². The fourth-order valence-electron chi connectivity index (χ4n) is 3.22. The lowest BCUT2D eigenvalue weighted by Crippen LogP contribution is -2.31. The summed E-state index contributed by atoms with van der Waals surface area (Å²) in [5, 5.41) is 0. The number of anilines is 1. The molecule has 114 valence electrons. The molecule has 1 saturated heterocycles. The molecule has 1 aliphatic heterocycles. The maximum atomic E-state index is 12.9. The fraction of sp³-hybridized carbons (Fsp3) is 0.167. The monoisotopic (exact) mass is 305 g/mol. The Kier molecular flexibility index (Phi) is 3.01. The third-order valence-corrected chi connectivity index (χ3v) is 4.22. The van der Waals surface area contributed by atoms with Crippen molar-refractivity contribution in [3.8, 4) is 0 Å². The predicted octanol–water partition coefficient (Wildman–Crippen LogP) is 2.85. The van der Waals surface area contributed by atoms with E-state index in [-0.39, 0.29) is 18.2 Å². The van der Waals surface area contributed by atoms with Gasteiger partial charge in [0.25, 0.3) is 5.91 Å². The van der Waals surface area contributed by atoms with Gasteiger partial charge in [0.15, 0.2) is 0 Å². The number of hydrogen-bond donors (Lipinski definition) is 0. The highest BCUT2D eigenvalue weighted by molar-refractivity contribution is 6.21. The van der Waals surface area contributed by atoms with Crippen LogP contribution < -0.4 is 4.90 Å². The number of aryl methyl sites for hydroxylation is 1. The Morgan fingerprint density at radius 2 is 1.70 bits per heavy atom. The van der Waals surface area contributed by atoms with Gasteiger partial charge in [-0.05, 0) is 31.2 Å². The second-order valence-corrected chi connectivity index (χ2v) is 5.64. The Balaban J connectivity index is 1.80. The Labute approximate surface area is 133 Å². The molecule has 5 heteroatoms. The lowest BCUT2D eigenvalue weighted by molar-refractivity contribution is -0.122. The molecular formula is C18H15N3O2. The molecule has 0 saturated carbocycles. The third kappa shape index (κ3) is 2.04. The Morgan fingerprint density at radius 3 is 2.48 bits per heavy atom. The molecule has 2 heterocycles. The van der Waals surface area contributed by atoms with Crippen molar-refractivity contribution in [2.24, 2.45) is 0 Å². The molecule has 23 heavy (non-hydrogen) atoms. The number of benzene rings is 2. The van der Waals surface area contributed by atoms with Crippen molar-refractivity contribution in [3.63, 3.8) is 0 Å². The first-order valence-electron chi connectivity index (χ1n) is 7.52. The van der Waals surface area contributed by atoms with Crippen molar-refractivity contribution < 1.29 is 9.59 Å². The smallest absolute Gasteiger partial charge is 0.257 e. The van der Waals surface area contributed by atoms with E-state index in [9.17, 15) is 9.59 Å². The number of amides is 2. The topological polar surface area (TPSA) is 55.2 Å². The van der Waals surface area contributed by atoms with Crippen LogP contribution in [0.2, 0.25) is 0 Å². The highest BCUT2D eigenvalue weighted by Gasteiger charge is 2.41. The summed E-state index contributed by atoms with van der Waals surface area (Å²) in [6.07, 6.45) is 0.162. The predicted molar refractivity (Wildman–Crippen MR) is 87.1 cm³/mol. The van der Waals surface area contributed by atoms with E-state index in [0.29, 0.717) is 5.69 Å². The molecular weight excluding hydrogens is 290 g/mol. The fourth-order valence-corrected chi connectivity index (χ4v) is 3.22. The van der Waals surface area contributed by atoms with Crippen LogP contribution in [0.1, 0.15) is 18.3 Å². The summed E-state index contributed by atoms with van der Waals surface area (Å²) >= 11 is 0. The van der Waals surface area contributed by atoms with Crippen LogP contribution in [0.25, 0.3) is 11.0 Å². The number of imide groups is 1. The molecule has 4 rings (SSSR count). The Bertz CT molecular complexity index is 914. The number of nitrogens with zero attached hydrogens (tertiary/aromatic N) is 3. The third-order valence-electron chi connectivity index (χ3n) is 4.22. The van der Waals surface area contributed by atoms with E-state index < -0.39 is 6.04 Å². The molecule has 0 radical (unpaired) electrons. The summed E-state index contributed by atoms with van der Waals surface area (Å²) in [4.78, 5) is 31.0. The average molecular weight is 305 g/mol. The minimum Gasteiger partial charge on any atom is -0.315 e. The molecule has 1 fully saturated rings. The van der Waals surface area contributed by atoms with Crippen molar-refractivity contribution in [1.82, 2.24) is 9.55 Å². The van der Waals surface area contributed by atoms with E-state index in [1.54, 1.807) is 12.1 Å². The molecule has 1 aromatic heterocycles. The summed E-state index contributed by atoms with van der Waals surface area (Å²) in [7, 11) is 0. The van der Waals surface area contributed by atoms with Crippen LogP contribution in [0.3, 0.4) is 0 Å². The second-order valence-electron chi connectivity index (χ2n) is 5.64. The van der Waals surface area contributed by atoms with Gasteiger partial charge < -0.3 is 4.57 Å². The van der Waals surface area contributed by atoms with Gasteiger partial charge in [-0.1, -0.05) is 30.3 Å². The molecule has 0 aliphatic carbocycles. The van der Waals surface area contributed by atoms with E-state index in [1.165, 1.54) is 4.90 Å². The second kappa shape index (κ2) is 5.05. The maximum absolute atomic E-state index is 12.9. The van der Waals surface area contributed by atoms with Gasteiger partial charge >= 0.3 is 0 Å². The number of para-hydroxylation sites is 3. The number of fused-ring (bicyclic) bond motifs is 1. The van der Waals surface area contributed by atoms with Crippen molar-refractivity contribution in [3.05, 3.63) is 60.4 Å². The maximum Gasteiger partial charge on any atom is 0.257 e. The zero-order valence-electron chi connectivity index (χ0n) is 12.6. The van der Waals surface area contributed by atoms with Crippen LogP contribution in [0.4, 0.5) is 5.69 Å². The van der Waals surface area contributed by atoms with Gasteiger partial charge in [0.2, 0.25) is 5.91 Å². The number of imidazole rings is 1. The largest absolute Gasteiger partial charge is 0.315 e. The molecule has 0 spiro atoms. The zero-order chi connectivity index (χ0) is 16.0. The number of aromatic nitrogens is 2. The SMILES string of the molecule is Cc1nc2ccccc2n1[C@H]1CC(=O)N(c2ccccc2)C1=O. The lowest BCUT2D eigenvalue weighted by Gasteiger charge is -2.16. The van der Waals surface area contributed by atoms with Gasteiger partial charge in [-0.3, -0.25) is 9.59 Å².